The Balaban J connectivity index is 2.11. The molecule has 0 fully saturated rings. The molecule has 0 atom stereocenters. The fraction of sp³-hybridized carbons (Fsp3) is 0.368. The Kier molecular flexibility index (Phi) is 7.22. The van der Waals surface area contributed by atoms with Crippen LogP contribution in [-0.4, -0.2) is 35.6 Å². The van der Waals surface area contributed by atoms with Crippen LogP contribution in [0.5, 0.6) is 17.2 Å². The fourth-order valence-electron chi connectivity index (χ4n) is 2.31. The third-order valence-corrected chi connectivity index (χ3v) is 4.12. The molecule has 0 unspecified atom stereocenters. The number of rotatable bonds is 8. The summed E-state index contributed by atoms with van der Waals surface area (Å²) in [5, 5.41) is 18.2. The van der Waals surface area contributed by atoms with Gasteiger partial charge in [-0.25, -0.2) is 0 Å². The molecule has 0 aliphatic rings. The van der Waals surface area contributed by atoms with E-state index >= 15 is 0 Å². The van der Waals surface area contributed by atoms with Gasteiger partial charge in [-0.3, -0.25) is 0 Å². The van der Waals surface area contributed by atoms with Gasteiger partial charge in [0.1, 0.15) is 17.2 Å². The van der Waals surface area contributed by atoms with Crippen molar-refractivity contribution in [2.75, 3.05) is 19.8 Å². The molecule has 2 aromatic carbocycles. The summed E-state index contributed by atoms with van der Waals surface area (Å²) in [5.41, 5.74) is 1.53. The number of halogens is 6. The molecule has 0 aliphatic carbocycles. The van der Waals surface area contributed by atoms with Crippen LogP contribution in [0.15, 0.2) is 42.5 Å². The van der Waals surface area contributed by atoms with Crippen molar-refractivity contribution in [3.05, 3.63) is 53.6 Å². The van der Waals surface area contributed by atoms with Crippen molar-refractivity contribution >= 4 is 0 Å². The lowest BCUT2D eigenvalue weighted by Crippen LogP contribution is -2.48. The van der Waals surface area contributed by atoms with Gasteiger partial charge in [-0.2, -0.15) is 26.3 Å². The van der Waals surface area contributed by atoms with Crippen molar-refractivity contribution in [2.24, 2.45) is 5.73 Å². The lowest BCUT2D eigenvalue weighted by Gasteiger charge is -2.24. The quantitative estimate of drug-likeness (QED) is 0.542. The fourth-order valence-corrected chi connectivity index (χ4v) is 2.31. The smallest absolute Gasteiger partial charge is 0.416 e. The largest absolute Gasteiger partial charge is 0.494 e. The number of alkyl halides is 6. The lowest BCUT2D eigenvalue weighted by atomic mass is 10.00. The maximum Gasteiger partial charge on any atom is 0.416 e. The van der Waals surface area contributed by atoms with E-state index in [0.29, 0.717) is 17.9 Å². The van der Waals surface area contributed by atoms with Gasteiger partial charge >= 0.3 is 12.4 Å². The molecule has 0 saturated carbocycles. The van der Waals surface area contributed by atoms with Crippen LogP contribution in [0.1, 0.15) is 17.5 Å². The zero-order chi connectivity index (χ0) is 22.6. The predicted octanol–water partition coefficient (Wildman–Crippen LogP) is 3.97. The molecule has 0 amide bonds. The predicted molar refractivity (Wildman–Crippen MR) is 94.2 cm³/mol. The molecule has 166 valence electrons. The molecule has 5 nitrogen and oxygen atoms in total. The van der Waals surface area contributed by atoms with E-state index in [1.807, 2.05) is 0 Å². The summed E-state index contributed by atoms with van der Waals surface area (Å²) < 4.78 is 87.9. The highest BCUT2D eigenvalue weighted by atomic mass is 19.4. The van der Waals surface area contributed by atoms with Gasteiger partial charge in [0.05, 0.1) is 36.5 Å². The Morgan fingerprint density at radius 3 is 1.63 bits per heavy atom. The van der Waals surface area contributed by atoms with Gasteiger partial charge in [0.15, 0.2) is 0 Å². The average Bonchev–Trinajstić information content (AvgIpc) is 2.67. The number of nitrogens with two attached hydrogens (primary N) is 1. The Morgan fingerprint density at radius 1 is 0.733 bits per heavy atom. The van der Waals surface area contributed by atoms with Crippen molar-refractivity contribution in [3.63, 3.8) is 0 Å². The second-order valence-corrected chi connectivity index (χ2v) is 6.59. The summed E-state index contributed by atoms with van der Waals surface area (Å²) in [6.45, 7) is -0.840. The minimum Gasteiger partial charge on any atom is -0.494 e. The zero-order valence-corrected chi connectivity index (χ0v) is 15.4. The lowest BCUT2D eigenvalue weighted by molar-refractivity contribution is -0.143. The summed E-state index contributed by atoms with van der Waals surface area (Å²) >= 11 is 0. The van der Waals surface area contributed by atoms with Crippen molar-refractivity contribution in [1.82, 2.24) is 0 Å². The number of hydrogen-bond donors (Lipinski definition) is 3. The van der Waals surface area contributed by atoms with Crippen LogP contribution in [0.2, 0.25) is 0 Å². The molecule has 11 heteroatoms. The van der Waals surface area contributed by atoms with Crippen molar-refractivity contribution in [2.45, 2.75) is 24.3 Å². The van der Waals surface area contributed by atoms with Gasteiger partial charge in [0, 0.05) is 6.42 Å². The van der Waals surface area contributed by atoms with E-state index in [-0.39, 0.29) is 24.8 Å². The molecule has 0 heterocycles. The maximum atomic E-state index is 12.9. The summed E-state index contributed by atoms with van der Waals surface area (Å²) in [6, 6.07) is 6.36. The van der Waals surface area contributed by atoms with Crippen LogP contribution >= 0.6 is 0 Å². The normalized spacial score (nSPS) is 12.7. The Hall–Kier alpha value is -2.50. The Morgan fingerprint density at radius 2 is 1.20 bits per heavy atom. The standard InChI is InChI=1S/C19H19F6NO4/c20-18(21,22)12-7-13(19(23,24)25)9-16(8-12)30-15-3-1-14(2-4-15)29-6-5-17(26,10-27)11-28/h1-4,7-9,27-28H,5-6,10-11,26H2. The Labute approximate surface area is 167 Å². The molecule has 0 aliphatic heterocycles. The molecule has 0 spiro atoms. The first-order valence-electron chi connectivity index (χ1n) is 8.57. The second kappa shape index (κ2) is 9.11. The van der Waals surface area contributed by atoms with Gasteiger partial charge in [-0.15, -0.1) is 0 Å². The van der Waals surface area contributed by atoms with E-state index in [2.05, 4.69) is 0 Å². The van der Waals surface area contributed by atoms with Crippen molar-refractivity contribution in [1.29, 1.82) is 0 Å². The van der Waals surface area contributed by atoms with E-state index in [0.717, 1.165) is 0 Å². The minimum atomic E-state index is -4.97. The van der Waals surface area contributed by atoms with E-state index in [4.69, 9.17) is 25.4 Å². The number of ether oxygens (including phenoxy) is 2. The first-order chi connectivity index (χ1) is 13.9. The van der Waals surface area contributed by atoms with Gasteiger partial charge < -0.3 is 25.4 Å². The van der Waals surface area contributed by atoms with E-state index in [1.54, 1.807) is 0 Å². The van der Waals surface area contributed by atoms with Crippen LogP contribution in [0, 0.1) is 0 Å². The monoisotopic (exact) mass is 439 g/mol. The molecular weight excluding hydrogens is 420 g/mol. The highest BCUT2D eigenvalue weighted by Crippen LogP contribution is 2.39. The molecule has 0 radical (unpaired) electrons. The summed E-state index contributed by atoms with van der Waals surface area (Å²) in [6.07, 6.45) is -9.81. The van der Waals surface area contributed by atoms with E-state index in [9.17, 15) is 26.3 Å². The third-order valence-electron chi connectivity index (χ3n) is 4.12. The van der Waals surface area contributed by atoms with Crippen LogP contribution in [0.4, 0.5) is 26.3 Å². The third kappa shape index (κ3) is 6.51. The van der Waals surface area contributed by atoms with Gasteiger partial charge in [0.25, 0.3) is 0 Å². The highest BCUT2D eigenvalue weighted by molar-refractivity contribution is 5.41. The molecule has 0 bridgehead atoms. The van der Waals surface area contributed by atoms with Gasteiger partial charge in [-0.05, 0) is 42.5 Å². The molecule has 30 heavy (non-hydrogen) atoms. The topological polar surface area (TPSA) is 84.9 Å². The molecular formula is C19H19F6NO4. The first-order valence-corrected chi connectivity index (χ1v) is 8.57. The number of hydrogen-bond acceptors (Lipinski definition) is 5. The molecule has 0 saturated heterocycles. The molecule has 2 rings (SSSR count). The first kappa shape index (κ1) is 23.8. The van der Waals surface area contributed by atoms with Crippen LogP contribution in [0.3, 0.4) is 0 Å². The maximum absolute atomic E-state index is 12.9. The molecule has 2 aromatic rings. The van der Waals surface area contributed by atoms with Crippen molar-refractivity contribution < 1.29 is 46.0 Å². The van der Waals surface area contributed by atoms with Crippen LogP contribution in [0.25, 0.3) is 0 Å². The SMILES string of the molecule is NC(CO)(CO)CCOc1ccc(Oc2cc(C(F)(F)F)cc(C(F)(F)F)c2)cc1. The van der Waals surface area contributed by atoms with Gasteiger partial charge in [-0.1, -0.05) is 0 Å². The van der Waals surface area contributed by atoms with Crippen molar-refractivity contribution in [3.8, 4) is 17.2 Å². The Bertz CT molecular complexity index is 800. The van der Waals surface area contributed by atoms with E-state index in [1.165, 1.54) is 24.3 Å². The summed E-state index contributed by atoms with van der Waals surface area (Å²) in [5.74, 6) is -0.307. The summed E-state index contributed by atoms with van der Waals surface area (Å²) in [7, 11) is 0. The average molecular weight is 439 g/mol. The minimum absolute atomic E-state index is 0.00585. The highest BCUT2D eigenvalue weighted by Gasteiger charge is 2.37. The summed E-state index contributed by atoms with van der Waals surface area (Å²) in [4.78, 5) is 0. The number of aliphatic hydroxyl groups excluding tert-OH is 2. The molecule has 4 N–H and O–H groups in total. The molecule has 0 aromatic heterocycles. The van der Waals surface area contributed by atoms with Gasteiger partial charge in [0.2, 0.25) is 0 Å². The second-order valence-electron chi connectivity index (χ2n) is 6.59. The number of aliphatic hydroxyl groups is 2. The van der Waals surface area contributed by atoms with E-state index < -0.39 is 48.0 Å². The number of benzene rings is 2. The zero-order valence-electron chi connectivity index (χ0n) is 15.4. The van der Waals surface area contributed by atoms with Crippen LogP contribution in [-0.2, 0) is 12.4 Å². The van der Waals surface area contributed by atoms with Crippen LogP contribution < -0.4 is 15.2 Å².